The average Bonchev–Trinajstić information content (AvgIpc) is 0.809. The maximum Gasteiger partial charge on any atom is 0.255 e. The normalized spacial score (nSPS) is 11.2. The Hall–Kier alpha value is -11.2. The highest BCUT2D eigenvalue weighted by Crippen LogP contribution is 2.27. The van der Waals surface area contributed by atoms with Crippen molar-refractivity contribution in [2.45, 2.75) is 151 Å². The van der Waals surface area contributed by atoms with Gasteiger partial charge in [0.25, 0.3) is 5.91 Å². The number of benzene rings is 14. The second kappa shape index (κ2) is 43.0. The molecule has 0 radical (unpaired) electrons. The summed E-state index contributed by atoms with van der Waals surface area (Å²) in [6.07, 6.45) is -1.58. The van der Waals surface area contributed by atoms with Gasteiger partial charge in [0, 0.05) is 11.3 Å². The molecule has 116 heavy (non-hydrogen) atoms. The van der Waals surface area contributed by atoms with E-state index in [4.69, 9.17) is 0 Å². The first kappa shape index (κ1) is 90.4. The summed E-state index contributed by atoms with van der Waals surface area (Å²) in [6.45, 7) is 38.4. The summed E-state index contributed by atoms with van der Waals surface area (Å²) < 4.78 is 24.7. The van der Waals surface area contributed by atoms with Gasteiger partial charge < -0.3 is 20.6 Å². The molecule has 0 fully saturated rings. The van der Waals surface area contributed by atoms with Gasteiger partial charge in [0.2, 0.25) is 9.84 Å². The Morgan fingerprint density at radius 3 is 0.776 bits per heavy atom. The van der Waals surface area contributed by atoms with E-state index in [1.165, 1.54) is 81.9 Å². The summed E-state index contributed by atoms with van der Waals surface area (Å²) in [6, 6.07) is 113. The van der Waals surface area contributed by atoms with Crippen molar-refractivity contribution in [3.05, 3.63) is 457 Å². The van der Waals surface area contributed by atoms with Gasteiger partial charge in [-0.1, -0.05) is 405 Å². The van der Waals surface area contributed by atoms with Crippen LogP contribution in [0.4, 0.5) is 5.69 Å². The molecule has 0 saturated heterocycles. The number of carbonyl (C=O) groups is 1. The lowest BCUT2D eigenvalue weighted by molar-refractivity contribution is 0.102. The maximum atomic E-state index is 12.3. The van der Waals surface area contributed by atoms with Crippen molar-refractivity contribution in [3.8, 4) is 0 Å². The molecule has 14 rings (SSSR count). The summed E-state index contributed by atoms with van der Waals surface area (Å²) in [5.41, 5.74) is 23.9. The Morgan fingerprint density at radius 1 is 0.250 bits per heavy atom. The molecule has 1 unspecified atom stereocenters. The number of hydrogen-bond acceptors (Lipinski definition) is 6. The number of aliphatic hydroxyl groups excluding tert-OH is 3. The largest absolute Gasteiger partial charge is 0.384 e. The number of aliphatic hydroxyl groups is 3. The van der Waals surface area contributed by atoms with E-state index in [-0.39, 0.29) is 5.91 Å². The smallest absolute Gasteiger partial charge is 0.255 e. The molecule has 0 aliphatic carbocycles. The number of nitrogens with one attached hydrogen (secondary N) is 1. The molecule has 0 aliphatic rings. The number of aryl methyl sites for hydroxylation is 14. The van der Waals surface area contributed by atoms with Crippen LogP contribution in [0.25, 0.3) is 0 Å². The maximum absolute atomic E-state index is 12.3. The second-order valence-electron chi connectivity index (χ2n) is 31.7. The molecule has 4 N–H and O–H groups in total. The average molecular weight is 1590 g/mol. The lowest BCUT2D eigenvalue weighted by Crippen LogP contribution is -2.52. The van der Waals surface area contributed by atoms with E-state index in [1.807, 2.05) is 275 Å². The predicted molar refractivity (Wildman–Crippen MR) is 496 cm³/mol. The lowest BCUT2D eigenvalue weighted by atomic mass is 9.99. The highest BCUT2D eigenvalue weighted by molar-refractivity contribution is 7.91. The van der Waals surface area contributed by atoms with Crippen LogP contribution in [0.1, 0.15) is 140 Å². The molecule has 0 aliphatic heterocycles. The predicted octanol–water partition coefficient (Wildman–Crippen LogP) is 23.1. The van der Waals surface area contributed by atoms with Crippen LogP contribution in [-0.4, -0.2) is 45.8 Å². The van der Waals surface area contributed by atoms with Crippen molar-refractivity contribution in [1.29, 1.82) is 0 Å². The third kappa shape index (κ3) is 27.5. The number of carbonyl (C=O) groups excluding carboxylic acids is 1. The second-order valence-corrected chi connectivity index (χ2v) is 42.5. The minimum Gasteiger partial charge on any atom is -0.384 e. The Morgan fingerprint density at radius 2 is 0.483 bits per heavy atom. The van der Waals surface area contributed by atoms with Gasteiger partial charge in [0.05, 0.1) is 9.79 Å². The van der Waals surface area contributed by atoms with Crippen LogP contribution in [0.5, 0.6) is 0 Å². The Kier molecular flexibility index (Phi) is 33.5. The zero-order valence-electron chi connectivity index (χ0n) is 71.0. The van der Waals surface area contributed by atoms with Gasteiger partial charge in [-0.15, -0.1) is 0 Å². The standard InChI is InChI=1S/2C16H20Si.C15H15NO.3C15H16O.C14H14O2S/c1-13-7-5-9-15(11-13)17(3,4)16-10-6-8-14(2)12-16;1-13-8-10-15(11-9-13)17(3,4)16-7-5-6-14(2)12-16;1-11-3-7-13(8-4-11)15(17)16-14-9-5-12(2)6-10-14;1-11-3-7-13(8-4-11)15(16)14-9-5-12(2)6-10-14;1-11-5-3-7-13(9-11)15(16)14-8-4-6-12(2)10-14;1-11-6-8-13(9-7-11)15(16)14-5-3-4-12(2)10-14;1-11-5-3-7-13(9-11)17(15,16)14-8-4-6-12(2)10-14/h2*5-12H,1-4H3;3-10H,1-2H3,(H,16,17);3*3-10,15-16H,1-2H3;3-10H,1-2H3. The molecule has 1 atom stereocenters. The highest BCUT2D eigenvalue weighted by atomic mass is 32.2. The molecule has 0 spiro atoms. The van der Waals surface area contributed by atoms with Gasteiger partial charge in [-0.25, -0.2) is 8.42 Å². The number of rotatable bonds is 14. The fraction of sp³-hybridized carbons (Fsp3) is 0.198. The van der Waals surface area contributed by atoms with Gasteiger partial charge in [0.15, 0.2) is 0 Å². The van der Waals surface area contributed by atoms with Gasteiger partial charge in [-0.05, 0) is 190 Å². The molecule has 7 nitrogen and oxygen atoms in total. The van der Waals surface area contributed by atoms with Crippen LogP contribution >= 0.6 is 0 Å². The molecular weight excluding hydrogens is 1470 g/mol. The first-order chi connectivity index (χ1) is 55.1. The number of amides is 1. The first-order valence-electron chi connectivity index (χ1n) is 39.7. The van der Waals surface area contributed by atoms with Crippen LogP contribution in [-0.2, 0) is 9.84 Å². The lowest BCUT2D eigenvalue weighted by Gasteiger charge is -2.24. The zero-order valence-corrected chi connectivity index (χ0v) is 73.9. The van der Waals surface area contributed by atoms with E-state index < -0.39 is 44.3 Å². The summed E-state index contributed by atoms with van der Waals surface area (Å²) in [7, 11) is -6.41. The molecule has 0 aromatic heterocycles. The molecule has 596 valence electrons. The molecule has 1 amide bonds. The molecule has 14 aromatic carbocycles. The van der Waals surface area contributed by atoms with Crippen molar-refractivity contribution in [1.82, 2.24) is 0 Å². The van der Waals surface area contributed by atoms with Crippen LogP contribution < -0.4 is 26.1 Å². The summed E-state index contributed by atoms with van der Waals surface area (Å²) in [5.74, 6) is -0.0751. The molecule has 0 bridgehead atoms. The van der Waals surface area contributed by atoms with Gasteiger partial charge in [-0.3, -0.25) is 4.79 Å². The summed E-state index contributed by atoms with van der Waals surface area (Å²) in [5, 5.41) is 39.5. The number of sulfone groups is 1. The van der Waals surface area contributed by atoms with Crippen LogP contribution in [0.15, 0.2) is 350 Å². The van der Waals surface area contributed by atoms with Crippen molar-refractivity contribution >= 4 is 58.3 Å². The number of anilines is 1. The van der Waals surface area contributed by atoms with Gasteiger partial charge in [-0.2, -0.15) is 0 Å². The van der Waals surface area contributed by atoms with Crippen LogP contribution in [0.2, 0.25) is 26.2 Å². The summed E-state index contributed by atoms with van der Waals surface area (Å²) in [4.78, 5) is 12.6. The van der Waals surface area contributed by atoms with Crippen molar-refractivity contribution in [2.24, 2.45) is 0 Å². The van der Waals surface area contributed by atoms with E-state index >= 15 is 0 Å². The quantitative estimate of drug-likeness (QED) is 0.0804. The third-order valence-corrected chi connectivity index (χ3v) is 29.3. The first-order valence-corrected chi connectivity index (χ1v) is 47.2. The fourth-order valence-electron chi connectivity index (χ4n) is 13.0. The van der Waals surface area contributed by atoms with E-state index in [2.05, 4.69) is 156 Å². The van der Waals surface area contributed by atoms with Crippen LogP contribution in [0.3, 0.4) is 0 Å². The van der Waals surface area contributed by atoms with Gasteiger partial charge in [0.1, 0.15) is 34.5 Å². The van der Waals surface area contributed by atoms with E-state index in [1.54, 1.807) is 36.4 Å². The van der Waals surface area contributed by atoms with Crippen molar-refractivity contribution < 1.29 is 28.5 Å². The van der Waals surface area contributed by atoms with E-state index in [9.17, 15) is 28.5 Å². The topological polar surface area (TPSA) is 124 Å². The Balaban J connectivity index is 0.000000169. The summed E-state index contributed by atoms with van der Waals surface area (Å²) >= 11 is 0. The monoisotopic (exact) mass is 1590 g/mol. The fourth-order valence-corrected chi connectivity index (χ4v) is 19.4. The third-order valence-electron chi connectivity index (χ3n) is 20.5. The van der Waals surface area contributed by atoms with Crippen LogP contribution in [0, 0.1) is 96.9 Å². The van der Waals surface area contributed by atoms with Crippen molar-refractivity contribution in [2.75, 3.05) is 5.32 Å². The molecule has 10 heteroatoms. The Bertz CT molecular complexity index is 5370. The van der Waals surface area contributed by atoms with E-state index in [0.29, 0.717) is 15.4 Å². The zero-order chi connectivity index (χ0) is 84.3. The van der Waals surface area contributed by atoms with Crippen molar-refractivity contribution in [3.63, 3.8) is 0 Å². The SMILES string of the molecule is Cc1ccc(C(O)c2ccc(C)cc2)cc1.Cc1ccc(C(O)c2cccc(C)c2)cc1.Cc1ccc(NC(=O)c2ccc(C)cc2)cc1.Cc1ccc([Si](C)(C)c2cccc(C)c2)cc1.Cc1cccc(C(O)c2cccc(C)c2)c1.Cc1cccc(S(=O)(=O)c2cccc(C)c2)c1.Cc1cccc([Si](C)(C)c2cccc(C)c2)c1. The molecule has 0 heterocycles. The highest BCUT2D eigenvalue weighted by Gasteiger charge is 2.27. The molecule has 14 aromatic rings. The molecule has 0 saturated carbocycles. The van der Waals surface area contributed by atoms with E-state index in [0.717, 1.165) is 55.8 Å². The molecular formula is C106H117NO6SSi2. The Labute approximate surface area is 695 Å². The number of hydrogen-bond donors (Lipinski definition) is 4. The minimum absolute atomic E-state index is 0.0751. The van der Waals surface area contributed by atoms with Gasteiger partial charge >= 0.3 is 0 Å². The minimum atomic E-state index is -3.38.